The maximum absolute atomic E-state index is 12.3. The van der Waals surface area contributed by atoms with E-state index in [1.165, 1.54) is 4.68 Å². The molecule has 0 saturated heterocycles. The van der Waals surface area contributed by atoms with Gasteiger partial charge in [-0.1, -0.05) is 58.7 Å². The highest BCUT2D eigenvalue weighted by Gasteiger charge is 2.17. The molecule has 0 bridgehead atoms. The molecule has 0 aliphatic heterocycles. The zero-order valence-corrected chi connectivity index (χ0v) is 14.6. The van der Waals surface area contributed by atoms with E-state index in [1.54, 1.807) is 18.2 Å². The van der Waals surface area contributed by atoms with Crippen molar-refractivity contribution < 1.29 is 4.79 Å². The molecule has 3 rings (SSSR count). The molecule has 1 amide bonds. The molecule has 6 nitrogen and oxygen atoms in total. The number of nitrogens with zero attached hydrogens (tertiary/aromatic N) is 3. The predicted octanol–water partition coefficient (Wildman–Crippen LogP) is 3.15. The van der Waals surface area contributed by atoms with Gasteiger partial charge >= 0.3 is 0 Å². The van der Waals surface area contributed by atoms with Gasteiger partial charge in [0.2, 0.25) is 0 Å². The first-order valence-electron chi connectivity index (χ1n) is 7.49. The molecule has 128 valence electrons. The number of halogens is 2. The third-order valence-electron chi connectivity index (χ3n) is 3.63. The van der Waals surface area contributed by atoms with Crippen LogP contribution in [0.15, 0.2) is 48.5 Å². The third-order valence-corrected chi connectivity index (χ3v) is 4.25. The number of rotatable bonds is 5. The van der Waals surface area contributed by atoms with Crippen LogP contribution in [-0.2, 0) is 13.1 Å². The number of anilines is 1. The first kappa shape index (κ1) is 17.3. The van der Waals surface area contributed by atoms with E-state index in [0.29, 0.717) is 16.6 Å². The Morgan fingerprint density at radius 2 is 1.84 bits per heavy atom. The number of hydrogen-bond donors (Lipinski definition) is 2. The summed E-state index contributed by atoms with van der Waals surface area (Å²) in [5, 5.41) is 11.8. The molecular weight excluding hydrogens is 361 g/mol. The van der Waals surface area contributed by atoms with Gasteiger partial charge in [-0.3, -0.25) is 4.79 Å². The largest absolute Gasteiger partial charge is 0.382 e. The summed E-state index contributed by atoms with van der Waals surface area (Å²) in [5.41, 5.74) is 7.85. The van der Waals surface area contributed by atoms with E-state index >= 15 is 0 Å². The van der Waals surface area contributed by atoms with Crippen molar-refractivity contribution in [3.63, 3.8) is 0 Å². The molecule has 2 aromatic carbocycles. The van der Waals surface area contributed by atoms with Gasteiger partial charge in [-0.25, -0.2) is 4.68 Å². The van der Waals surface area contributed by atoms with Gasteiger partial charge in [0, 0.05) is 16.6 Å². The molecule has 8 heteroatoms. The minimum Gasteiger partial charge on any atom is -0.382 e. The maximum atomic E-state index is 12.3. The molecule has 0 radical (unpaired) electrons. The minimum atomic E-state index is -0.403. The van der Waals surface area contributed by atoms with E-state index in [9.17, 15) is 4.79 Å². The van der Waals surface area contributed by atoms with Crippen molar-refractivity contribution in [3.05, 3.63) is 75.4 Å². The van der Waals surface area contributed by atoms with Gasteiger partial charge in [-0.05, 0) is 29.3 Å². The van der Waals surface area contributed by atoms with Gasteiger partial charge in [0.1, 0.15) is 0 Å². The summed E-state index contributed by atoms with van der Waals surface area (Å²) in [4.78, 5) is 12.3. The van der Waals surface area contributed by atoms with Gasteiger partial charge in [-0.15, -0.1) is 5.10 Å². The van der Waals surface area contributed by atoms with Crippen molar-refractivity contribution >= 4 is 34.9 Å². The second-order valence-electron chi connectivity index (χ2n) is 5.38. The summed E-state index contributed by atoms with van der Waals surface area (Å²) < 4.78 is 1.47. The number of carbonyl (C=O) groups excluding carboxylic acids is 1. The SMILES string of the molecule is Nc1c(C(=O)NCc2ccccc2Cl)nnn1Cc1ccc(Cl)cc1. The van der Waals surface area contributed by atoms with Crippen molar-refractivity contribution in [2.45, 2.75) is 13.1 Å². The van der Waals surface area contributed by atoms with Crippen LogP contribution in [0.5, 0.6) is 0 Å². The van der Waals surface area contributed by atoms with Crippen LogP contribution in [0.3, 0.4) is 0 Å². The van der Waals surface area contributed by atoms with E-state index in [1.807, 2.05) is 30.3 Å². The van der Waals surface area contributed by atoms with Gasteiger partial charge < -0.3 is 11.1 Å². The Bertz CT molecular complexity index is 892. The van der Waals surface area contributed by atoms with Crippen LogP contribution in [0, 0.1) is 0 Å². The molecule has 0 spiro atoms. The summed E-state index contributed by atoms with van der Waals surface area (Å²) in [6, 6.07) is 14.6. The van der Waals surface area contributed by atoms with Gasteiger partial charge in [-0.2, -0.15) is 0 Å². The number of hydrogen-bond acceptors (Lipinski definition) is 4. The number of nitrogen functional groups attached to an aromatic ring is 1. The van der Waals surface area contributed by atoms with Crippen LogP contribution in [0.2, 0.25) is 10.0 Å². The lowest BCUT2D eigenvalue weighted by atomic mass is 10.2. The van der Waals surface area contributed by atoms with Gasteiger partial charge in [0.25, 0.3) is 5.91 Å². The lowest BCUT2D eigenvalue weighted by molar-refractivity contribution is 0.0947. The first-order valence-corrected chi connectivity index (χ1v) is 8.25. The lowest BCUT2D eigenvalue weighted by Gasteiger charge is -2.06. The molecular formula is C17H15Cl2N5O. The number of nitrogens with one attached hydrogen (secondary N) is 1. The van der Waals surface area contributed by atoms with Gasteiger partial charge in [0.05, 0.1) is 6.54 Å². The second kappa shape index (κ2) is 7.55. The summed E-state index contributed by atoms with van der Waals surface area (Å²) in [5.74, 6) is -0.202. The second-order valence-corrected chi connectivity index (χ2v) is 6.23. The Hall–Kier alpha value is -2.57. The quantitative estimate of drug-likeness (QED) is 0.716. The topological polar surface area (TPSA) is 85.8 Å². The molecule has 0 aliphatic carbocycles. The lowest BCUT2D eigenvalue weighted by Crippen LogP contribution is -2.24. The molecule has 0 unspecified atom stereocenters. The fraction of sp³-hybridized carbons (Fsp3) is 0.118. The monoisotopic (exact) mass is 375 g/mol. The smallest absolute Gasteiger partial charge is 0.275 e. The van der Waals surface area contributed by atoms with Crippen molar-refractivity contribution in [3.8, 4) is 0 Å². The van der Waals surface area contributed by atoms with E-state index in [2.05, 4.69) is 15.6 Å². The predicted molar refractivity (Wildman–Crippen MR) is 97.6 cm³/mol. The van der Waals surface area contributed by atoms with Gasteiger partial charge in [0.15, 0.2) is 11.5 Å². The van der Waals surface area contributed by atoms with Crippen molar-refractivity contribution in [1.29, 1.82) is 0 Å². The number of aromatic nitrogens is 3. The Labute approximate surface area is 154 Å². The van der Waals surface area contributed by atoms with Crippen LogP contribution in [0.25, 0.3) is 0 Å². The van der Waals surface area contributed by atoms with E-state index in [-0.39, 0.29) is 18.1 Å². The molecule has 0 fully saturated rings. The molecule has 25 heavy (non-hydrogen) atoms. The molecule has 1 aromatic heterocycles. The Kier molecular flexibility index (Phi) is 5.21. The summed E-state index contributed by atoms with van der Waals surface area (Å²) in [7, 11) is 0. The average molecular weight is 376 g/mol. The minimum absolute atomic E-state index is 0.0843. The highest BCUT2D eigenvalue weighted by molar-refractivity contribution is 6.31. The van der Waals surface area contributed by atoms with Crippen LogP contribution in [0.1, 0.15) is 21.6 Å². The van der Waals surface area contributed by atoms with Crippen molar-refractivity contribution in [2.24, 2.45) is 0 Å². The number of nitrogens with two attached hydrogens (primary N) is 1. The molecule has 0 aliphatic rings. The zero-order valence-electron chi connectivity index (χ0n) is 13.1. The Morgan fingerprint density at radius 3 is 2.56 bits per heavy atom. The van der Waals surface area contributed by atoms with E-state index in [0.717, 1.165) is 11.1 Å². The standard InChI is InChI=1S/C17H15Cl2N5O/c18-13-7-5-11(6-8-13)10-24-16(20)15(22-23-24)17(25)21-9-12-3-1-2-4-14(12)19/h1-8H,9-10,20H2,(H,21,25). The van der Waals surface area contributed by atoms with E-state index in [4.69, 9.17) is 28.9 Å². The zero-order chi connectivity index (χ0) is 17.8. The molecule has 1 heterocycles. The highest BCUT2D eigenvalue weighted by Crippen LogP contribution is 2.16. The average Bonchev–Trinajstić information content (AvgIpc) is 2.97. The fourth-order valence-electron chi connectivity index (χ4n) is 2.26. The van der Waals surface area contributed by atoms with Crippen molar-refractivity contribution in [2.75, 3.05) is 5.73 Å². The first-order chi connectivity index (χ1) is 12.0. The summed E-state index contributed by atoms with van der Waals surface area (Å²) in [6.45, 7) is 0.676. The number of benzene rings is 2. The normalized spacial score (nSPS) is 10.6. The Balaban J connectivity index is 1.68. The summed E-state index contributed by atoms with van der Waals surface area (Å²) >= 11 is 11.9. The molecule has 0 saturated carbocycles. The molecule has 3 aromatic rings. The summed E-state index contributed by atoms with van der Waals surface area (Å²) in [6.07, 6.45) is 0. The number of amides is 1. The molecule has 0 atom stereocenters. The van der Waals surface area contributed by atoms with Crippen molar-refractivity contribution in [1.82, 2.24) is 20.3 Å². The maximum Gasteiger partial charge on any atom is 0.275 e. The van der Waals surface area contributed by atoms with Crippen LogP contribution in [0.4, 0.5) is 5.82 Å². The molecule has 3 N–H and O–H groups in total. The van der Waals surface area contributed by atoms with Crippen LogP contribution < -0.4 is 11.1 Å². The van der Waals surface area contributed by atoms with E-state index < -0.39 is 5.91 Å². The number of carbonyl (C=O) groups is 1. The highest BCUT2D eigenvalue weighted by atomic mass is 35.5. The Morgan fingerprint density at radius 1 is 1.12 bits per heavy atom. The third kappa shape index (κ3) is 4.10. The fourth-order valence-corrected chi connectivity index (χ4v) is 2.59. The van der Waals surface area contributed by atoms with Crippen LogP contribution in [-0.4, -0.2) is 20.9 Å². The van der Waals surface area contributed by atoms with Crippen LogP contribution >= 0.6 is 23.2 Å².